The summed E-state index contributed by atoms with van der Waals surface area (Å²) < 4.78 is 0. The molecule has 0 atom stereocenters. The number of H-pyrrole nitrogens is 1. The zero-order valence-corrected chi connectivity index (χ0v) is 17.3. The normalized spacial score (nSPS) is 10.7. The summed E-state index contributed by atoms with van der Waals surface area (Å²) in [5.41, 5.74) is 2.65. The first-order valence-corrected chi connectivity index (χ1v) is 10.2. The number of anilines is 1. The largest absolute Gasteiger partial charge is 0.325 e. The summed E-state index contributed by atoms with van der Waals surface area (Å²) in [4.78, 5) is 31.4. The van der Waals surface area contributed by atoms with Gasteiger partial charge in [0, 0.05) is 27.6 Å². The van der Waals surface area contributed by atoms with Crippen LogP contribution in [0.2, 0.25) is 10.0 Å². The average molecular weight is 434 g/mol. The first-order chi connectivity index (χ1) is 13.4. The molecule has 1 amide bonds. The summed E-state index contributed by atoms with van der Waals surface area (Å²) in [7, 11) is 0. The third-order valence-corrected chi connectivity index (χ3v) is 5.27. The van der Waals surface area contributed by atoms with Crippen LogP contribution in [0.15, 0.2) is 58.5 Å². The van der Waals surface area contributed by atoms with Gasteiger partial charge in [-0.15, -0.1) is 0 Å². The SMILES string of the molecule is Cc1ccc(Cl)cc1NC(=O)Cc1cc(=O)[nH]c(SCc2cccc(Cl)c2)n1. The topological polar surface area (TPSA) is 74.8 Å². The van der Waals surface area contributed by atoms with Gasteiger partial charge in [0.2, 0.25) is 5.91 Å². The molecule has 1 heterocycles. The van der Waals surface area contributed by atoms with Gasteiger partial charge in [-0.25, -0.2) is 4.98 Å². The highest BCUT2D eigenvalue weighted by Gasteiger charge is 2.10. The Morgan fingerprint density at radius 1 is 1.14 bits per heavy atom. The molecule has 3 rings (SSSR count). The van der Waals surface area contributed by atoms with E-state index in [0.29, 0.717) is 32.3 Å². The second-order valence-electron chi connectivity index (χ2n) is 6.14. The average Bonchev–Trinajstić information content (AvgIpc) is 2.62. The van der Waals surface area contributed by atoms with Crippen molar-refractivity contribution in [3.8, 4) is 0 Å². The van der Waals surface area contributed by atoms with Crippen LogP contribution in [0, 0.1) is 6.92 Å². The summed E-state index contributed by atoms with van der Waals surface area (Å²) in [6, 6.07) is 14.1. The van der Waals surface area contributed by atoms with Crippen LogP contribution >= 0.6 is 35.0 Å². The summed E-state index contributed by atoms with van der Waals surface area (Å²) in [5.74, 6) is 0.329. The van der Waals surface area contributed by atoms with Crippen molar-refractivity contribution in [3.63, 3.8) is 0 Å². The molecular weight excluding hydrogens is 417 g/mol. The second kappa shape index (κ2) is 9.28. The van der Waals surface area contributed by atoms with Gasteiger partial charge in [-0.05, 0) is 42.3 Å². The molecule has 28 heavy (non-hydrogen) atoms. The van der Waals surface area contributed by atoms with Gasteiger partial charge < -0.3 is 10.3 Å². The van der Waals surface area contributed by atoms with Gasteiger partial charge in [-0.1, -0.05) is 53.2 Å². The molecule has 0 saturated carbocycles. The highest BCUT2D eigenvalue weighted by molar-refractivity contribution is 7.98. The number of nitrogens with one attached hydrogen (secondary N) is 2. The molecule has 0 aliphatic carbocycles. The molecule has 5 nitrogen and oxygen atoms in total. The first kappa shape index (κ1) is 20.5. The lowest BCUT2D eigenvalue weighted by Gasteiger charge is -2.09. The van der Waals surface area contributed by atoms with Gasteiger partial charge in [0.25, 0.3) is 5.56 Å². The van der Waals surface area contributed by atoms with Crippen molar-refractivity contribution in [3.05, 3.63) is 85.8 Å². The number of halogens is 2. The van der Waals surface area contributed by atoms with E-state index in [1.807, 2.05) is 31.2 Å². The summed E-state index contributed by atoms with van der Waals surface area (Å²) >= 11 is 13.3. The molecule has 0 aliphatic rings. The van der Waals surface area contributed by atoms with Gasteiger partial charge in [-0.3, -0.25) is 9.59 Å². The van der Waals surface area contributed by atoms with E-state index in [0.717, 1.165) is 11.1 Å². The van der Waals surface area contributed by atoms with Crippen molar-refractivity contribution in [2.45, 2.75) is 24.3 Å². The van der Waals surface area contributed by atoms with E-state index in [4.69, 9.17) is 23.2 Å². The molecule has 0 fully saturated rings. The Hall–Kier alpha value is -2.28. The van der Waals surface area contributed by atoms with E-state index in [1.54, 1.807) is 18.2 Å². The molecule has 144 valence electrons. The summed E-state index contributed by atoms with van der Waals surface area (Å²) in [6.07, 6.45) is -0.0133. The van der Waals surface area contributed by atoms with Crippen molar-refractivity contribution in [2.24, 2.45) is 0 Å². The molecule has 2 aromatic carbocycles. The molecule has 8 heteroatoms. The van der Waals surface area contributed by atoms with Crippen LogP contribution in [-0.4, -0.2) is 15.9 Å². The second-order valence-corrected chi connectivity index (χ2v) is 7.98. The Morgan fingerprint density at radius 3 is 2.71 bits per heavy atom. The number of aromatic amines is 1. The third-order valence-electron chi connectivity index (χ3n) is 3.85. The first-order valence-electron chi connectivity index (χ1n) is 8.42. The Morgan fingerprint density at radius 2 is 1.93 bits per heavy atom. The molecular formula is C20H17Cl2N3O2S. The molecule has 2 N–H and O–H groups in total. The van der Waals surface area contributed by atoms with E-state index in [9.17, 15) is 9.59 Å². The van der Waals surface area contributed by atoms with Crippen LogP contribution < -0.4 is 10.9 Å². The minimum Gasteiger partial charge on any atom is -0.325 e. The number of aryl methyl sites for hydroxylation is 1. The number of nitrogens with zero attached hydrogens (tertiary/aromatic N) is 1. The molecule has 0 bridgehead atoms. The predicted octanol–water partition coefficient (Wildman–Crippen LogP) is 4.86. The number of benzene rings is 2. The zero-order valence-electron chi connectivity index (χ0n) is 15.0. The minimum absolute atomic E-state index is 0.0133. The Kier molecular flexibility index (Phi) is 6.78. The number of hydrogen-bond donors (Lipinski definition) is 2. The molecule has 0 unspecified atom stereocenters. The maximum atomic E-state index is 12.4. The van der Waals surface area contributed by atoms with Crippen LogP contribution in [0.25, 0.3) is 0 Å². The number of aromatic nitrogens is 2. The maximum Gasteiger partial charge on any atom is 0.251 e. The Balaban J connectivity index is 1.68. The molecule has 3 aromatic rings. The number of carbonyl (C=O) groups excluding carboxylic acids is 1. The fourth-order valence-corrected chi connectivity index (χ4v) is 3.73. The smallest absolute Gasteiger partial charge is 0.251 e. The van der Waals surface area contributed by atoms with Crippen molar-refractivity contribution < 1.29 is 4.79 Å². The third kappa shape index (κ3) is 5.86. The lowest BCUT2D eigenvalue weighted by atomic mass is 10.2. The van der Waals surface area contributed by atoms with Crippen LogP contribution in [-0.2, 0) is 17.0 Å². The van der Waals surface area contributed by atoms with Gasteiger partial charge >= 0.3 is 0 Å². The van der Waals surface area contributed by atoms with Crippen LogP contribution in [0.5, 0.6) is 0 Å². The standard InChI is InChI=1S/C20H17Cl2N3O2S/c1-12-5-6-15(22)8-17(12)24-18(26)9-16-10-19(27)25-20(23-16)28-11-13-3-2-4-14(21)7-13/h2-8,10H,9,11H2,1H3,(H,24,26)(H,23,25,27). The van der Waals surface area contributed by atoms with E-state index in [1.165, 1.54) is 17.8 Å². The fraction of sp³-hybridized carbons (Fsp3) is 0.150. The Bertz CT molecular complexity index is 1070. The zero-order chi connectivity index (χ0) is 20.1. The molecule has 0 saturated heterocycles. The van der Waals surface area contributed by atoms with Gasteiger partial charge in [0.15, 0.2) is 5.16 Å². The monoisotopic (exact) mass is 433 g/mol. The summed E-state index contributed by atoms with van der Waals surface area (Å²) in [6.45, 7) is 1.88. The summed E-state index contributed by atoms with van der Waals surface area (Å²) in [5, 5.41) is 4.45. The van der Waals surface area contributed by atoms with Gasteiger partial charge in [-0.2, -0.15) is 0 Å². The van der Waals surface area contributed by atoms with E-state index in [2.05, 4.69) is 15.3 Å². The number of carbonyl (C=O) groups is 1. The van der Waals surface area contributed by atoms with Gasteiger partial charge in [0.1, 0.15) is 0 Å². The lowest BCUT2D eigenvalue weighted by Crippen LogP contribution is -2.18. The van der Waals surface area contributed by atoms with Crippen LogP contribution in [0.1, 0.15) is 16.8 Å². The molecule has 0 radical (unpaired) electrons. The van der Waals surface area contributed by atoms with Crippen LogP contribution in [0.4, 0.5) is 5.69 Å². The van der Waals surface area contributed by atoms with Crippen LogP contribution in [0.3, 0.4) is 0 Å². The maximum absolute atomic E-state index is 12.4. The Labute approximate surface area is 176 Å². The molecule has 0 aliphatic heterocycles. The number of amides is 1. The number of rotatable bonds is 6. The molecule has 1 aromatic heterocycles. The van der Waals surface area contributed by atoms with Crippen molar-refractivity contribution in [1.82, 2.24) is 9.97 Å². The minimum atomic E-state index is -0.301. The fourth-order valence-electron chi connectivity index (χ4n) is 2.51. The number of hydrogen-bond acceptors (Lipinski definition) is 4. The predicted molar refractivity (Wildman–Crippen MR) is 114 cm³/mol. The molecule has 0 spiro atoms. The van der Waals surface area contributed by atoms with Crippen molar-refractivity contribution in [2.75, 3.05) is 5.32 Å². The van der Waals surface area contributed by atoms with E-state index >= 15 is 0 Å². The highest BCUT2D eigenvalue weighted by atomic mass is 35.5. The number of thioether (sulfide) groups is 1. The highest BCUT2D eigenvalue weighted by Crippen LogP contribution is 2.22. The quantitative estimate of drug-likeness (QED) is 0.429. The van der Waals surface area contributed by atoms with Crippen molar-refractivity contribution >= 4 is 46.6 Å². The van der Waals surface area contributed by atoms with E-state index < -0.39 is 0 Å². The van der Waals surface area contributed by atoms with E-state index in [-0.39, 0.29) is 17.9 Å². The van der Waals surface area contributed by atoms with Crippen molar-refractivity contribution in [1.29, 1.82) is 0 Å². The van der Waals surface area contributed by atoms with Gasteiger partial charge in [0.05, 0.1) is 12.1 Å². The lowest BCUT2D eigenvalue weighted by molar-refractivity contribution is -0.115.